The maximum atomic E-state index is 4.71. The van der Waals surface area contributed by atoms with Gasteiger partial charge in [-0.05, 0) is 30.5 Å². The number of halogens is 1. The molecular formula is C20H27IN6S2. The first-order valence-corrected chi connectivity index (χ1v) is 11.0. The van der Waals surface area contributed by atoms with E-state index in [9.17, 15) is 0 Å². The monoisotopic (exact) mass is 542 g/mol. The van der Waals surface area contributed by atoms with Gasteiger partial charge in [0.1, 0.15) is 12.4 Å². The number of guanidine groups is 1. The molecule has 0 bridgehead atoms. The van der Waals surface area contributed by atoms with Gasteiger partial charge in [-0.25, -0.2) is 4.99 Å². The van der Waals surface area contributed by atoms with Gasteiger partial charge >= 0.3 is 0 Å². The summed E-state index contributed by atoms with van der Waals surface area (Å²) in [5, 5.41) is 17.7. The highest BCUT2D eigenvalue weighted by molar-refractivity contribution is 14.0. The van der Waals surface area contributed by atoms with Gasteiger partial charge in [-0.3, -0.25) is 0 Å². The summed E-state index contributed by atoms with van der Waals surface area (Å²) < 4.78 is 1.97. The summed E-state index contributed by atoms with van der Waals surface area (Å²) in [4.78, 5) is 7.26. The lowest BCUT2D eigenvalue weighted by molar-refractivity contribution is 0.748. The molecule has 0 fully saturated rings. The van der Waals surface area contributed by atoms with E-state index in [1.807, 2.05) is 36.4 Å². The van der Waals surface area contributed by atoms with Crippen LogP contribution in [-0.2, 0) is 20.1 Å². The molecule has 9 heteroatoms. The fourth-order valence-corrected chi connectivity index (χ4v) is 4.10. The Morgan fingerprint density at radius 1 is 1.17 bits per heavy atom. The lowest BCUT2D eigenvalue weighted by Gasteiger charge is -2.16. The third-order valence-electron chi connectivity index (χ3n) is 4.21. The van der Waals surface area contributed by atoms with Crippen LogP contribution in [0.1, 0.15) is 23.4 Å². The summed E-state index contributed by atoms with van der Waals surface area (Å²) >= 11 is 3.59. The molecule has 1 unspecified atom stereocenters. The van der Waals surface area contributed by atoms with Gasteiger partial charge in [0.15, 0.2) is 11.8 Å². The molecule has 2 N–H and O–H groups in total. The van der Waals surface area contributed by atoms with E-state index in [1.165, 1.54) is 9.77 Å². The van der Waals surface area contributed by atoms with Crippen molar-refractivity contribution in [1.82, 2.24) is 25.4 Å². The molecule has 2 heterocycles. The number of nitrogens with one attached hydrogen (secondary N) is 2. The van der Waals surface area contributed by atoms with Crippen LogP contribution in [0.2, 0.25) is 0 Å². The number of aryl methyl sites for hydroxylation is 1. The highest BCUT2D eigenvalue weighted by Crippen LogP contribution is 2.21. The van der Waals surface area contributed by atoms with Gasteiger partial charge in [0.05, 0.1) is 6.54 Å². The molecule has 0 saturated heterocycles. The molecule has 6 nitrogen and oxygen atoms in total. The molecule has 0 radical (unpaired) electrons. The Hall–Kier alpha value is -1.59. The maximum absolute atomic E-state index is 4.71. The van der Waals surface area contributed by atoms with Gasteiger partial charge in [0.2, 0.25) is 0 Å². The number of aliphatic imine (C=N–C) groups is 1. The van der Waals surface area contributed by atoms with Crippen LogP contribution in [0.25, 0.3) is 0 Å². The van der Waals surface area contributed by atoms with E-state index < -0.39 is 0 Å². The standard InChI is InChI=1S/C20H26N6S2.HI/c1-15(28-17-8-5-4-6-9-17)12-21-20(22-13-18-10-7-11-27-18)23-14-19-25-24-16(2)26(19)3;/h4-11,15H,12-14H2,1-3H3,(H2,21,22,23);1H. The van der Waals surface area contributed by atoms with Crippen molar-refractivity contribution in [3.63, 3.8) is 0 Å². The minimum atomic E-state index is 0. The normalized spacial score (nSPS) is 12.3. The number of hydrogen-bond acceptors (Lipinski definition) is 5. The number of benzene rings is 1. The topological polar surface area (TPSA) is 67.1 Å². The van der Waals surface area contributed by atoms with Crippen molar-refractivity contribution in [1.29, 1.82) is 0 Å². The minimum absolute atomic E-state index is 0. The largest absolute Gasteiger partial charge is 0.355 e. The Kier molecular flexibility index (Phi) is 9.95. The lowest BCUT2D eigenvalue weighted by Crippen LogP contribution is -2.39. The van der Waals surface area contributed by atoms with E-state index in [0.29, 0.717) is 11.8 Å². The van der Waals surface area contributed by atoms with Crippen LogP contribution in [0.4, 0.5) is 0 Å². The Balaban J connectivity index is 0.00000300. The Morgan fingerprint density at radius 2 is 1.97 bits per heavy atom. The number of aromatic nitrogens is 3. The SMILES string of the molecule is Cc1nnc(CN=C(NCc2cccs2)NCC(C)Sc2ccccc2)n1C.I. The van der Waals surface area contributed by atoms with E-state index >= 15 is 0 Å². The van der Waals surface area contributed by atoms with Crippen molar-refractivity contribution in [2.75, 3.05) is 6.54 Å². The Morgan fingerprint density at radius 3 is 2.62 bits per heavy atom. The number of thiophene rings is 1. The van der Waals surface area contributed by atoms with Gasteiger partial charge in [0.25, 0.3) is 0 Å². The lowest BCUT2D eigenvalue weighted by atomic mass is 10.4. The zero-order valence-corrected chi connectivity index (χ0v) is 20.8. The molecular weight excluding hydrogens is 515 g/mol. The van der Waals surface area contributed by atoms with Crippen LogP contribution in [0.15, 0.2) is 57.7 Å². The van der Waals surface area contributed by atoms with Gasteiger partial charge < -0.3 is 15.2 Å². The molecule has 1 atom stereocenters. The predicted octanol–water partition coefficient (Wildman–Crippen LogP) is 4.22. The molecule has 2 aromatic heterocycles. The van der Waals surface area contributed by atoms with Crippen LogP contribution in [0.5, 0.6) is 0 Å². The Bertz CT molecular complexity index is 880. The van der Waals surface area contributed by atoms with Crippen LogP contribution in [-0.4, -0.2) is 32.5 Å². The second-order valence-electron chi connectivity index (χ2n) is 6.44. The van der Waals surface area contributed by atoms with Crippen molar-refractivity contribution in [2.24, 2.45) is 12.0 Å². The summed E-state index contributed by atoms with van der Waals surface area (Å²) in [6, 6.07) is 14.6. The fraction of sp³-hybridized carbons (Fsp3) is 0.350. The summed E-state index contributed by atoms with van der Waals surface area (Å²) in [5.41, 5.74) is 0. The van der Waals surface area contributed by atoms with Crippen LogP contribution in [0.3, 0.4) is 0 Å². The molecule has 3 rings (SSSR count). The Labute approximate surface area is 197 Å². The van der Waals surface area contributed by atoms with Crippen molar-refractivity contribution < 1.29 is 0 Å². The first-order valence-electron chi connectivity index (χ1n) is 9.23. The van der Waals surface area contributed by atoms with E-state index in [4.69, 9.17) is 4.99 Å². The first-order chi connectivity index (χ1) is 13.6. The summed E-state index contributed by atoms with van der Waals surface area (Å²) in [6.45, 7) is 6.21. The zero-order chi connectivity index (χ0) is 19.8. The summed E-state index contributed by atoms with van der Waals surface area (Å²) in [7, 11) is 1.96. The quantitative estimate of drug-likeness (QED) is 0.193. The third-order valence-corrected chi connectivity index (χ3v) is 6.20. The molecule has 0 aliphatic heterocycles. The molecule has 3 aromatic rings. The number of hydrogen-bond donors (Lipinski definition) is 2. The third kappa shape index (κ3) is 7.63. The average Bonchev–Trinajstić information content (AvgIpc) is 3.33. The number of thioether (sulfide) groups is 1. The van der Waals surface area contributed by atoms with Gasteiger partial charge in [-0.1, -0.05) is 31.2 Å². The molecule has 0 saturated carbocycles. The van der Waals surface area contributed by atoms with Crippen LogP contribution in [0, 0.1) is 6.92 Å². The van der Waals surface area contributed by atoms with E-state index in [0.717, 1.165) is 30.7 Å². The van der Waals surface area contributed by atoms with Gasteiger partial charge in [-0.2, -0.15) is 0 Å². The van der Waals surface area contributed by atoms with E-state index in [1.54, 1.807) is 11.3 Å². The minimum Gasteiger partial charge on any atom is -0.355 e. The smallest absolute Gasteiger partial charge is 0.192 e. The second-order valence-corrected chi connectivity index (χ2v) is 8.99. The number of rotatable bonds is 8. The van der Waals surface area contributed by atoms with Crippen molar-refractivity contribution in [2.45, 2.75) is 37.1 Å². The van der Waals surface area contributed by atoms with E-state index in [-0.39, 0.29) is 24.0 Å². The van der Waals surface area contributed by atoms with Crippen LogP contribution >= 0.6 is 47.1 Å². The van der Waals surface area contributed by atoms with Crippen molar-refractivity contribution >= 4 is 53.0 Å². The highest BCUT2D eigenvalue weighted by Gasteiger charge is 2.08. The predicted molar refractivity (Wildman–Crippen MR) is 133 cm³/mol. The summed E-state index contributed by atoms with van der Waals surface area (Å²) in [6.07, 6.45) is 0. The van der Waals surface area contributed by atoms with Crippen molar-refractivity contribution in [3.05, 3.63) is 64.4 Å². The van der Waals surface area contributed by atoms with Gasteiger partial charge in [-0.15, -0.1) is 57.3 Å². The van der Waals surface area contributed by atoms with Crippen molar-refractivity contribution in [3.8, 4) is 0 Å². The molecule has 0 aliphatic rings. The van der Waals surface area contributed by atoms with E-state index in [2.05, 4.69) is 69.5 Å². The molecule has 1 aromatic carbocycles. The molecule has 29 heavy (non-hydrogen) atoms. The highest BCUT2D eigenvalue weighted by atomic mass is 127. The zero-order valence-electron chi connectivity index (χ0n) is 16.8. The molecule has 156 valence electrons. The maximum Gasteiger partial charge on any atom is 0.192 e. The molecule has 0 spiro atoms. The van der Waals surface area contributed by atoms with Crippen LogP contribution < -0.4 is 10.6 Å². The fourth-order valence-electron chi connectivity index (χ4n) is 2.51. The van der Waals surface area contributed by atoms with Gasteiger partial charge in [0, 0.05) is 28.6 Å². The molecule has 0 amide bonds. The molecule has 0 aliphatic carbocycles. The first kappa shape index (κ1) is 23.7. The number of nitrogens with zero attached hydrogens (tertiary/aromatic N) is 4. The summed E-state index contributed by atoms with van der Waals surface area (Å²) in [5.74, 6) is 2.52. The average molecular weight is 543 g/mol. The second kappa shape index (κ2) is 12.2.